The number of hydrogen-bond donors (Lipinski definition) is 0. The molecule has 0 fully saturated rings. The van der Waals surface area contributed by atoms with Gasteiger partial charge in [-0.15, -0.1) is 0 Å². The lowest BCUT2D eigenvalue weighted by Gasteiger charge is -2.04. The largest absolute Gasteiger partial charge is 0.493 e. The molecule has 70 valence electrons. The molecule has 0 aliphatic carbocycles. The summed E-state index contributed by atoms with van der Waals surface area (Å²) in [4.78, 5) is 10.6. The van der Waals surface area contributed by atoms with Crippen molar-refractivity contribution in [3.8, 4) is 5.75 Å². The van der Waals surface area contributed by atoms with Crippen LogP contribution in [0.1, 0.15) is 13.3 Å². The molecule has 0 spiro atoms. The molecule has 0 unspecified atom stereocenters. The Bertz CT molecular complexity index is 297. The van der Waals surface area contributed by atoms with E-state index in [1.165, 1.54) is 0 Å². The lowest BCUT2D eigenvalue weighted by atomic mass is 10.3. The monoisotopic (exact) mass is 242 g/mol. The summed E-state index contributed by atoms with van der Waals surface area (Å²) in [7, 11) is 0. The van der Waals surface area contributed by atoms with Crippen LogP contribution >= 0.6 is 15.9 Å². The maximum atomic E-state index is 10.6. The summed E-state index contributed by atoms with van der Waals surface area (Å²) in [6.07, 6.45) is 0.465. The van der Waals surface area contributed by atoms with Gasteiger partial charge in [0.1, 0.15) is 11.5 Å². The zero-order chi connectivity index (χ0) is 9.68. The van der Waals surface area contributed by atoms with E-state index < -0.39 is 0 Å². The van der Waals surface area contributed by atoms with Crippen molar-refractivity contribution in [3.05, 3.63) is 28.7 Å². The van der Waals surface area contributed by atoms with Crippen molar-refractivity contribution in [2.45, 2.75) is 13.3 Å². The van der Waals surface area contributed by atoms with Crippen LogP contribution in [-0.2, 0) is 4.79 Å². The van der Waals surface area contributed by atoms with Gasteiger partial charge in [0.15, 0.2) is 0 Å². The standard InChI is InChI=1S/C10H11BrO2/c1-8(12)5-6-13-10-4-2-3-9(11)7-10/h2-4,7H,5-6H2,1H3. The lowest BCUT2D eigenvalue weighted by molar-refractivity contribution is -0.117. The fourth-order valence-corrected chi connectivity index (χ4v) is 1.25. The van der Waals surface area contributed by atoms with Crippen LogP contribution in [0.4, 0.5) is 0 Å². The van der Waals surface area contributed by atoms with Crippen molar-refractivity contribution in [2.75, 3.05) is 6.61 Å². The van der Waals surface area contributed by atoms with E-state index in [0.29, 0.717) is 13.0 Å². The average molecular weight is 243 g/mol. The second-order valence-electron chi connectivity index (χ2n) is 2.76. The van der Waals surface area contributed by atoms with Crippen molar-refractivity contribution in [2.24, 2.45) is 0 Å². The molecule has 1 aromatic rings. The summed E-state index contributed by atoms with van der Waals surface area (Å²) in [5.74, 6) is 0.936. The highest BCUT2D eigenvalue weighted by molar-refractivity contribution is 9.10. The number of hydrogen-bond acceptors (Lipinski definition) is 2. The molecular weight excluding hydrogens is 232 g/mol. The van der Waals surface area contributed by atoms with Crippen LogP contribution in [-0.4, -0.2) is 12.4 Å². The molecule has 0 aliphatic rings. The SMILES string of the molecule is CC(=O)CCOc1cccc(Br)c1. The third-order valence-electron chi connectivity index (χ3n) is 1.52. The Kier molecular flexibility index (Phi) is 3.96. The molecule has 0 aromatic heterocycles. The van der Waals surface area contributed by atoms with Gasteiger partial charge in [-0.05, 0) is 25.1 Å². The van der Waals surface area contributed by atoms with E-state index in [1.807, 2.05) is 24.3 Å². The van der Waals surface area contributed by atoms with E-state index >= 15 is 0 Å². The highest BCUT2D eigenvalue weighted by Crippen LogP contribution is 2.17. The zero-order valence-electron chi connectivity index (χ0n) is 7.42. The Morgan fingerprint density at radius 3 is 2.92 bits per heavy atom. The van der Waals surface area contributed by atoms with Gasteiger partial charge >= 0.3 is 0 Å². The molecule has 0 saturated carbocycles. The second kappa shape index (κ2) is 5.02. The highest BCUT2D eigenvalue weighted by atomic mass is 79.9. The minimum absolute atomic E-state index is 0.148. The van der Waals surface area contributed by atoms with E-state index in [-0.39, 0.29) is 5.78 Å². The van der Waals surface area contributed by atoms with Crippen molar-refractivity contribution < 1.29 is 9.53 Å². The van der Waals surface area contributed by atoms with E-state index in [0.717, 1.165) is 10.2 Å². The van der Waals surface area contributed by atoms with Gasteiger partial charge in [0.25, 0.3) is 0 Å². The van der Waals surface area contributed by atoms with Crippen LogP contribution in [0.15, 0.2) is 28.7 Å². The Morgan fingerprint density at radius 1 is 1.54 bits per heavy atom. The van der Waals surface area contributed by atoms with Gasteiger partial charge in [-0.25, -0.2) is 0 Å². The molecule has 0 heterocycles. The molecule has 2 nitrogen and oxygen atoms in total. The lowest BCUT2D eigenvalue weighted by Crippen LogP contribution is -2.02. The Morgan fingerprint density at radius 2 is 2.31 bits per heavy atom. The van der Waals surface area contributed by atoms with Crippen LogP contribution in [0.5, 0.6) is 5.75 Å². The number of ketones is 1. The first-order chi connectivity index (χ1) is 6.18. The topological polar surface area (TPSA) is 26.3 Å². The molecule has 0 aliphatic heterocycles. The molecule has 0 N–H and O–H groups in total. The molecule has 1 aromatic carbocycles. The molecule has 0 amide bonds. The predicted molar refractivity (Wildman–Crippen MR) is 54.9 cm³/mol. The number of benzene rings is 1. The molecule has 3 heteroatoms. The summed E-state index contributed by atoms with van der Waals surface area (Å²) in [6.45, 7) is 2.01. The first-order valence-electron chi connectivity index (χ1n) is 4.06. The highest BCUT2D eigenvalue weighted by Gasteiger charge is 1.96. The van der Waals surface area contributed by atoms with Gasteiger partial charge in [-0.1, -0.05) is 22.0 Å². The Balaban J connectivity index is 2.41. The average Bonchev–Trinajstić information content (AvgIpc) is 2.03. The number of carbonyl (C=O) groups is 1. The molecular formula is C10H11BrO2. The Labute approximate surface area is 86.0 Å². The summed E-state index contributed by atoms with van der Waals surface area (Å²) < 4.78 is 6.33. The first-order valence-corrected chi connectivity index (χ1v) is 4.85. The van der Waals surface area contributed by atoms with E-state index in [9.17, 15) is 4.79 Å². The molecule has 0 bridgehead atoms. The van der Waals surface area contributed by atoms with Crippen molar-refractivity contribution >= 4 is 21.7 Å². The van der Waals surface area contributed by atoms with Gasteiger partial charge < -0.3 is 4.74 Å². The number of ether oxygens (including phenoxy) is 1. The Hall–Kier alpha value is -0.830. The fraction of sp³-hybridized carbons (Fsp3) is 0.300. The summed E-state index contributed by atoms with van der Waals surface area (Å²) in [6, 6.07) is 7.57. The smallest absolute Gasteiger partial charge is 0.133 e. The van der Waals surface area contributed by atoms with Gasteiger partial charge in [0.2, 0.25) is 0 Å². The van der Waals surface area contributed by atoms with Crippen LogP contribution in [0.2, 0.25) is 0 Å². The molecule has 0 radical (unpaired) electrons. The number of rotatable bonds is 4. The maximum absolute atomic E-state index is 10.6. The van der Waals surface area contributed by atoms with Crippen molar-refractivity contribution in [3.63, 3.8) is 0 Å². The summed E-state index contributed by atoms with van der Waals surface area (Å²) in [5.41, 5.74) is 0. The number of Topliss-reactive ketones (excluding diaryl/α,β-unsaturated/α-hetero) is 1. The number of carbonyl (C=O) groups excluding carboxylic acids is 1. The van der Waals surface area contributed by atoms with Gasteiger partial charge in [-0.2, -0.15) is 0 Å². The zero-order valence-corrected chi connectivity index (χ0v) is 9.00. The van der Waals surface area contributed by atoms with Crippen molar-refractivity contribution in [1.82, 2.24) is 0 Å². The van der Waals surface area contributed by atoms with E-state index in [4.69, 9.17) is 4.74 Å². The van der Waals surface area contributed by atoms with Crippen LogP contribution < -0.4 is 4.74 Å². The van der Waals surface area contributed by atoms with E-state index in [1.54, 1.807) is 6.92 Å². The predicted octanol–water partition coefficient (Wildman–Crippen LogP) is 2.81. The maximum Gasteiger partial charge on any atom is 0.133 e. The molecule has 0 saturated heterocycles. The summed E-state index contributed by atoms with van der Waals surface area (Å²) in [5, 5.41) is 0. The van der Waals surface area contributed by atoms with Crippen LogP contribution in [0, 0.1) is 0 Å². The second-order valence-corrected chi connectivity index (χ2v) is 3.67. The number of halogens is 1. The first kappa shape index (κ1) is 10.3. The van der Waals surface area contributed by atoms with Crippen LogP contribution in [0.3, 0.4) is 0 Å². The minimum atomic E-state index is 0.148. The molecule has 13 heavy (non-hydrogen) atoms. The third kappa shape index (κ3) is 4.08. The van der Waals surface area contributed by atoms with Gasteiger partial charge in [0.05, 0.1) is 6.61 Å². The van der Waals surface area contributed by atoms with Crippen LogP contribution in [0.25, 0.3) is 0 Å². The third-order valence-corrected chi connectivity index (χ3v) is 2.01. The normalized spacial score (nSPS) is 9.69. The quantitative estimate of drug-likeness (QED) is 0.812. The van der Waals surface area contributed by atoms with Gasteiger partial charge in [0, 0.05) is 10.9 Å². The molecule has 1 rings (SSSR count). The van der Waals surface area contributed by atoms with E-state index in [2.05, 4.69) is 15.9 Å². The fourth-order valence-electron chi connectivity index (χ4n) is 0.869. The van der Waals surface area contributed by atoms with Crippen molar-refractivity contribution in [1.29, 1.82) is 0 Å². The van der Waals surface area contributed by atoms with Gasteiger partial charge in [-0.3, -0.25) is 4.79 Å². The summed E-state index contributed by atoms with van der Waals surface area (Å²) >= 11 is 3.34. The molecule has 0 atom stereocenters. The minimum Gasteiger partial charge on any atom is -0.493 e.